The molecule has 5 heteroatoms. The zero-order valence-electron chi connectivity index (χ0n) is 17.2. The van der Waals surface area contributed by atoms with Crippen LogP contribution in [0.25, 0.3) is 6.08 Å². The van der Waals surface area contributed by atoms with Crippen molar-refractivity contribution >= 4 is 11.9 Å². The van der Waals surface area contributed by atoms with Crippen LogP contribution in [0.1, 0.15) is 32.6 Å². The number of hydrogen-bond acceptors (Lipinski definition) is 5. The minimum Gasteiger partial charge on any atom is -0.508 e. The summed E-state index contributed by atoms with van der Waals surface area (Å²) in [6.45, 7) is 4.38. The molecule has 2 N–H and O–H groups in total. The van der Waals surface area contributed by atoms with Crippen LogP contribution in [-0.2, 0) is 6.61 Å². The second-order valence-corrected chi connectivity index (χ2v) is 6.96. The largest absolute Gasteiger partial charge is 0.508 e. The summed E-state index contributed by atoms with van der Waals surface area (Å²) in [7, 11) is 1.60. The Morgan fingerprint density at radius 3 is 2.53 bits per heavy atom. The second-order valence-electron chi connectivity index (χ2n) is 6.96. The first-order valence-electron chi connectivity index (χ1n) is 9.49. The third-order valence-corrected chi connectivity index (χ3v) is 4.92. The maximum absolute atomic E-state index is 12.4. The van der Waals surface area contributed by atoms with Crippen molar-refractivity contribution in [2.45, 2.75) is 20.5 Å². The highest BCUT2D eigenvalue weighted by Crippen LogP contribution is 2.26. The number of rotatable bonds is 7. The van der Waals surface area contributed by atoms with Crippen molar-refractivity contribution in [2.24, 2.45) is 0 Å². The molecule has 0 heterocycles. The fraction of sp³-hybridized carbons (Fsp3) is 0.160. The highest BCUT2D eigenvalue weighted by atomic mass is 16.5. The third kappa shape index (κ3) is 4.81. The molecule has 0 fully saturated rings. The molecule has 3 aromatic carbocycles. The van der Waals surface area contributed by atoms with E-state index in [4.69, 9.17) is 9.47 Å². The number of aromatic hydroxyl groups is 2. The number of hydrogen-bond donors (Lipinski definition) is 2. The van der Waals surface area contributed by atoms with E-state index in [0.717, 1.165) is 34.1 Å². The average Bonchev–Trinajstić information content (AvgIpc) is 2.73. The van der Waals surface area contributed by atoms with Gasteiger partial charge in [0.2, 0.25) is 0 Å². The predicted molar refractivity (Wildman–Crippen MR) is 116 cm³/mol. The Hall–Kier alpha value is -3.73. The van der Waals surface area contributed by atoms with Gasteiger partial charge in [0.05, 0.1) is 12.7 Å². The maximum Gasteiger partial charge on any atom is 0.189 e. The van der Waals surface area contributed by atoms with Gasteiger partial charge in [-0.05, 0) is 66.9 Å². The number of benzene rings is 3. The van der Waals surface area contributed by atoms with Crippen LogP contribution >= 0.6 is 0 Å². The lowest BCUT2D eigenvalue weighted by atomic mass is 10.1. The average molecular weight is 404 g/mol. The van der Waals surface area contributed by atoms with Crippen molar-refractivity contribution < 1.29 is 24.5 Å². The Bertz CT molecular complexity index is 1100. The number of phenolic OH excluding ortho intramolecular Hbond substituents is 2. The van der Waals surface area contributed by atoms with Gasteiger partial charge >= 0.3 is 0 Å². The summed E-state index contributed by atoms with van der Waals surface area (Å²) in [5, 5.41) is 19.2. The van der Waals surface area contributed by atoms with Crippen LogP contribution in [0, 0.1) is 13.8 Å². The Labute approximate surface area is 175 Å². The normalized spacial score (nSPS) is 10.9. The molecular weight excluding hydrogens is 380 g/mol. The predicted octanol–water partition coefficient (Wildman–Crippen LogP) is 5.20. The van der Waals surface area contributed by atoms with Gasteiger partial charge in [-0.1, -0.05) is 24.3 Å². The zero-order valence-corrected chi connectivity index (χ0v) is 17.2. The summed E-state index contributed by atoms with van der Waals surface area (Å²) in [6, 6.07) is 15.4. The Morgan fingerprint density at radius 1 is 1.00 bits per heavy atom. The summed E-state index contributed by atoms with van der Waals surface area (Å²) in [6.07, 6.45) is 3.04. The lowest BCUT2D eigenvalue weighted by molar-refractivity contribution is 0.104. The SMILES string of the molecule is COc1ccc(/C=C/C(=O)c2ccc(O)cc2O)cc1COc1cccc(C)c1C. The van der Waals surface area contributed by atoms with Crippen LogP contribution in [-0.4, -0.2) is 23.1 Å². The van der Waals surface area contributed by atoms with Crippen molar-refractivity contribution in [3.8, 4) is 23.0 Å². The summed E-state index contributed by atoms with van der Waals surface area (Å²) >= 11 is 0. The Balaban J connectivity index is 1.79. The van der Waals surface area contributed by atoms with Crippen molar-refractivity contribution in [2.75, 3.05) is 7.11 Å². The molecule has 3 rings (SSSR count). The molecule has 0 saturated carbocycles. The van der Waals surface area contributed by atoms with Gasteiger partial charge in [-0.2, -0.15) is 0 Å². The molecule has 0 saturated heterocycles. The first-order chi connectivity index (χ1) is 14.4. The van der Waals surface area contributed by atoms with Crippen molar-refractivity contribution in [3.63, 3.8) is 0 Å². The van der Waals surface area contributed by atoms with Gasteiger partial charge < -0.3 is 19.7 Å². The summed E-state index contributed by atoms with van der Waals surface area (Å²) in [5.74, 6) is 0.783. The first kappa shape index (κ1) is 21.0. The number of allylic oxidation sites excluding steroid dienone is 1. The van der Waals surface area contributed by atoms with Gasteiger partial charge in [0, 0.05) is 11.6 Å². The van der Waals surface area contributed by atoms with E-state index in [1.165, 1.54) is 18.2 Å². The number of carbonyl (C=O) groups excluding carboxylic acids is 1. The van der Waals surface area contributed by atoms with E-state index >= 15 is 0 Å². The molecule has 0 aliphatic heterocycles. The minimum atomic E-state index is -0.364. The van der Waals surface area contributed by atoms with Gasteiger partial charge in [0.1, 0.15) is 29.6 Å². The van der Waals surface area contributed by atoms with E-state index in [1.807, 2.05) is 50.2 Å². The first-order valence-corrected chi connectivity index (χ1v) is 9.49. The number of methoxy groups -OCH3 is 1. The lowest BCUT2D eigenvalue weighted by Gasteiger charge is -2.13. The molecule has 0 aliphatic carbocycles. The fourth-order valence-electron chi connectivity index (χ4n) is 3.04. The van der Waals surface area contributed by atoms with Crippen LogP contribution in [0.2, 0.25) is 0 Å². The van der Waals surface area contributed by atoms with E-state index in [1.54, 1.807) is 13.2 Å². The molecule has 0 aliphatic rings. The van der Waals surface area contributed by atoms with Gasteiger partial charge in [-0.15, -0.1) is 0 Å². The Morgan fingerprint density at radius 2 is 1.80 bits per heavy atom. The molecule has 0 amide bonds. The van der Waals surface area contributed by atoms with Crippen LogP contribution < -0.4 is 9.47 Å². The van der Waals surface area contributed by atoms with Crippen molar-refractivity contribution in [1.82, 2.24) is 0 Å². The number of phenols is 2. The summed E-state index contributed by atoms with van der Waals surface area (Å²) in [4.78, 5) is 12.4. The molecule has 154 valence electrons. The molecule has 30 heavy (non-hydrogen) atoms. The van der Waals surface area contributed by atoms with Crippen LogP contribution in [0.4, 0.5) is 0 Å². The molecular formula is C25H24O5. The third-order valence-electron chi connectivity index (χ3n) is 4.92. The van der Waals surface area contributed by atoms with Crippen LogP contribution in [0.15, 0.2) is 60.7 Å². The molecule has 0 aromatic heterocycles. The van der Waals surface area contributed by atoms with E-state index in [9.17, 15) is 15.0 Å². The molecule has 0 radical (unpaired) electrons. The smallest absolute Gasteiger partial charge is 0.189 e. The highest BCUT2D eigenvalue weighted by Gasteiger charge is 2.10. The van der Waals surface area contributed by atoms with Crippen LogP contribution in [0.5, 0.6) is 23.0 Å². The molecule has 0 bridgehead atoms. The molecule has 3 aromatic rings. The highest BCUT2D eigenvalue weighted by molar-refractivity contribution is 6.08. The number of ether oxygens (including phenoxy) is 2. The van der Waals surface area contributed by atoms with Crippen molar-refractivity contribution in [1.29, 1.82) is 0 Å². The molecule has 0 spiro atoms. The van der Waals surface area contributed by atoms with E-state index in [-0.39, 0.29) is 22.8 Å². The van der Waals surface area contributed by atoms with Crippen molar-refractivity contribution in [3.05, 3.63) is 88.5 Å². The van der Waals surface area contributed by atoms with Gasteiger partial charge in [-0.25, -0.2) is 0 Å². The number of carbonyl (C=O) groups is 1. The molecule has 0 unspecified atom stereocenters. The molecule has 0 atom stereocenters. The van der Waals surface area contributed by atoms with E-state index in [2.05, 4.69) is 0 Å². The standard InChI is InChI=1S/C25H24O5/c1-16-5-4-6-24(17(16)2)30-15-19-13-18(8-12-25(19)29-3)7-11-22(27)21-10-9-20(26)14-23(21)28/h4-14,26,28H,15H2,1-3H3/b11-7+. The van der Waals surface area contributed by atoms with E-state index < -0.39 is 0 Å². The zero-order chi connectivity index (χ0) is 21.7. The lowest BCUT2D eigenvalue weighted by Crippen LogP contribution is -2.01. The summed E-state index contributed by atoms with van der Waals surface area (Å²) < 4.78 is 11.4. The number of ketones is 1. The minimum absolute atomic E-state index is 0.100. The monoisotopic (exact) mass is 404 g/mol. The van der Waals surface area contributed by atoms with Gasteiger partial charge in [0.15, 0.2) is 5.78 Å². The van der Waals surface area contributed by atoms with Gasteiger partial charge in [0.25, 0.3) is 0 Å². The van der Waals surface area contributed by atoms with Crippen LogP contribution in [0.3, 0.4) is 0 Å². The fourth-order valence-corrected chi connectivity index (χ4v) is 3.04. The molecule has 5 nitrogen and oxygen atoms in total. The topological polar surface area (TPSA) is 76.0 Å². The van der Waals surface area contributed by atoms with E-state index in [0.29, 0.717) is 12.4 Å². The Kier molecular flexibility index (Phi) is 6.42. The van der Waals surface area contributed by atoms with Gasteiger partial charge in [-0.3, -0.25) is 4.79 Å². The maximum atomic E-state index is 12.4. The quantitative estimate of drug-likeness (QED) is 0.418. The number of aryl methyl sites for hydroxylation is 1. The second kappa shape index (κ2) is 9.18. The summed E-state index contributed by atoms with van der Waals surface area (Å²) in [5.41, 5.74) is 4.01.